The van der Waals surface area contributed by atoms with Crippen LogP contribution in [0.15, 0.2) is 51.9 Å². The number of phenols is 1. The molecule has 7 aliphatic rings. The van der Waals surface area contributed by atoms with Gasteiger partial charge >= 0.3 is 0 Å². The summed E-state index contributed by atoms with van der Waals surface area (Å²) in [6, 6.07) is 10.2. The Hall–Kier alpha value is -3.15. The third kappa shape index (κ3) is 11.9. The molecule has 398 valence electrons. The molecule has 4 fully saturated rings. The minimum atomic E-state index is -0.956. The van der Waals surface area contributed by atoms with Crippen LogP contribution in [0.3, 0.4) is 0 Å². The summed E-state index contributed by atoms with van der Waals surface area (Å²) in [5.74, 6) is 9.28. The molecule has 3 saturated carbocycles. The van der Waals surface area contributed by atoms with Crippen molar-refractivity contribution in [2.24, 2.45) is 63.3 Å². The van der Waals surface area contributed by atoms with E-state index in [0.29, 0.717) is 90.7 Å². The largest absolute Gasteiger partial charge is 0.504 e. The average molecular weight is 1030 g/mol. The molecule has 13 nitrogen and oxygen atoms in total. The van der Waals surface area contributed by atoms with Crippen LogP contribution in [-0.2, 0) is 25.9 Å². The molecule has 3 aromatic rings. The van der Waals surface area contributed by atoms with E-state index in [4.69, 9.17) is 20.6 Å². The number of hydrogen-bond donors (Lipinski definition) is 10. The molecular weight excluding hydrogens is 945 g/mol. The predicted octanol–water partition coefficient (Wildman–Crippen LogP) is 8.38. The number of phenolic OH excluding ortho intramolecular Hbond substituents is 1. The van der Waals surface area contributed by atoms with Gasteiger partial charge in [-0.2, -0.15) is 0 Å². The first-order chi connectivity index (χ1) is 34.9. The van der Waals surface area contributed by atoms with E-state index in [1.165, 1.54) is 50.5 Å². The molecule has 72 heavy (non-hydrogen) atoms. The number of aromatic nitrogens is 1. The maximum atomic E-state index is 11.7. The zero-order valence-electron chi connectivity index (χ0n) is 43.2. The van der Waals surface area contributed by atoms with Crippen LogP contribution in [0.25, 0.3) is 0 Å². The minimum absolute atomic E-state index is 0.0119. The molecule has 2 aromatic heterocycles. The fourth-order valence-electron chi connectivity index (χ4n) is 14.8. The molecule has 6 aliphatic carbocycles. The number of hydrogen-bond acceptors (Lipinski definition) is 12. The Morgan fingerprint density at radius 1 is 1.00 bits per heavy atom. The van der Waals surface area contributed by atoms with Crippen molar-refractivity contribution in [3.05, 3.63) is 82.1 Å². The summed E-state index contributed by atoms with van der Waals surface area (Å²) in [5.41, 5.74) is 18.1. The first-order valence-electron chi connectivity index (χ1n) is 27.6. The normalized spacial score (nSPS) is 32.7. The molecular formula is C57H86N6O7S2. The highest BCUT2D eigenvalue weighted by Crippen LogP contribution is 2.64. The molecule has 1 saturated heterocycles. The number of ether oxygens (including phenoxy) is 1. The Labute approximate surface area is 436 Å². The standard InChI is InChI=1S/C57H86N6O7S2/c1-33-8-14-42-38-22-35(10-15-43(42)45(46(58)26-38)31-71-72-32-49(33)63-56(59)60-3)12-17-52-39(29-65)25-41(70-52)13-9-36-11-16-50(67)53(23-36)69-30-51(68)48-27-44-54(47(7-5-21-64)61-28-34(2)66)57-19-4-6-40(57)24-37(18-20-57)55(44)62-48/h11,16,18,20,23,25,27,33-35,37-38,40,42-43,45-47,49,51,54,61-62,64-68H,4-10,12-15,17,19,21-22,24,26,28-32,58H2,1-3H3,(H3,59,60,63). The maximum Gasteiger partial charge on any atom is 0.188 e. The van der Waals surface area contributed by atoms with Crippen LogP contribution >= 0.6 is 21.6 Å². The number of aromatic amines is 1. The second-order valence-electron chi connectivity index (χ2n) is 23.0. The van der Waals surface area contributed by atoms with E-state index in [1.54, 1.807) is 20.0 Å². The molecule has 1 aromatic carbocycles. The Kier molecular flexibility index (Phi) is 18.1. The van der Waals surface area contributed by atoms with Crippen LogP contribution in [0.4, 0.5) is 0 Å². The summed E-state index contributed by atoms with van der Waals surface area (Å²) < 4.78 is 12.7. The number of aliphatic imine (C=N–C) groups is 1. The van der Waals surface area contributed by atoms with Crippen LogP contribution in [0.5, 0.6) is 11.5 Å². The number of aromatic hydroxyl groups is 1. The van der Waals surface area contributed by atoms with Crippen molar-refractivity contribution in [1.82, 2.24) is 15.6 Å². The van der Waals surface area contributed by atoms with Gasteiger partial charge in [-0.15, -0.1) is 0 Å². The van der Waals surface area contributed by atoms with Gasteiger partial charge in [-0.05, 0) is 166 Å². The predicted molar refractivity (Wildman–Crippen MR) is 290 cm³/mol. The summed E-state index contributed by atoms with van der Waals surface area (Å²) in [6.07, 6.45) is 19.8. The second kappa shape index (κ2) is 24.2. The SMILES string of the molecule is CN=C(N)NC1CSSCC2C(N)CC3CC(CCc4oc(CCc5ccc(O)c(OCC(O)c6cc7c([nH]6)C6C=CC8(CCCC8C6)C7C(CCCO)NCC(C)O)c5)cc4CO)CCC2C3CCC1C. The van der Waals surface area contributed by atoms with Crippen molar-refractivity contribution in [1.29, 1.82) is 0 Å². The molecule has 1 aliphatic heterocycles. The summed E-state index contributed by atoms with van der Waals surface area (Å²) in [5, 5.41) is 60.5. The number of nitrogens with two attached hydrogens (primary N) is 2. The van der Waals surface area contributed by atoms with Crippen molar-refractivity contribution in [2.45, 2.75) is 165 Å². The molecule has 0 amide bonds. The minimum Gasteiger partial charge on any atom is -0.504 e. The number of nitrogens with zero attached hydrogens (tertiary/aromatic N) is 1. The third-order valence-electron chi connectivity index (χ3n) is 18.6. The molecule has 15 unspecified atom stereocenters. The Morgan fingerprint density at radius 3 is 2.64 bits per heavy atom. The van der Waals surface area contributed by atoms with E-state index in [2.05, 4.69) is 45.8 Å². The summed E-state index contributed by atoms with van der Waals surface area (Å²) in [4.78, 5) is 7.85. The lowest BCUT2D eigenvalue weighted by Gasteiger charge is -2.46. The number of rotatable bonds is 19. The monoisotopic (exact) mass is 1030 g/mol. The number of H-pyrrole nitrogens is 1. The van der Waals surface area contributed by atoms with Crippen LogP contribution in [-0.4, -0.2) is 99.0 Å². The lowest BCUT2D eigenvalue weighted by molar-refractivity contribution is 0.0714. The molecule has 15 heteroatoms. The lowest BCUT2D eigenvalue weighted by atomic mass is 9.61. The van der Waals surface area contributed by atoms with E-state index in [0.717, 1.165) is 78.4 Å². The number of furan rings is 1. The van der Waals surface area contributed by atoms with E-state index in [1.807, 2.05) is 39.8 Å². The van der Waals surface area contributed by atoms with Crippen molar-refractivity contribution < 1.29 is 34.7 Å². The Balaban J connectivity index is 0.816. The number of aliphatic hydroxyl groups excluding tert-OH is 4. The maximum absolute atomic E-state index is 11.7. The van der Waals surface area contributed by atoms with Gasteiger partial charge in [0, 0.05) is 91.5 Å². The molecule has 1 spiro atoms. The number of benzene rings is 1. The number of aryl methyl sites for hydroxylation is 3. The molecule has 3 heterocycles. The van der Waals surface area contributed by atoms with Gasteiger partial charge in [0.25, 0.3) is 0 Å². The van der Waals surface area contributed by atoms with Gasteiger partial charge in [-0.1, -0.05) is 59.6 Å². The van der Waals surface area contributed by atoms with E-state index in [-0.39, 0.29) is 54.9 Å². The highest BCUT2D eigenvalue weighted by molar-refractivity contribution is 8.76. The van der Waals surface area contributed by atoms with Gasteiger partial charge in [-0.25, -0.2) is 0 Å². The van der Waals surface area contributed by atoms with Crippen molar-refractivity contribution >= 4 is 27.5 Å². The highest BCUT2D eigenvalue weighted by atomic mass is 33.1. The summed E-state index contributed by atoms with van der Waals surface area (Å²) in [7, 11) is 5.70. The van der Waals surface area contributed by atoms with E-state index in [9.17, 15) is 25.5 Å². The van der Waals surface area contributed by atoms with Crippen LogP contribution in [0.1, 0.15) is 155 Å². The van der Waals surface area contributed by atoms with E-state index >= 15 is 0 Å². The second-order valence-corrected chi connectivity index (χ2v) is 25.6. The first kappa shape index (κ1) is 53.7. The molecule has 0 radical (unpaired) electrons. The van der Waals surface area contributed by atoms with Gasteiger partial charge in [0.2, 0.25) is 0 Å². The van der Waals surface area contributed by atoms with Gasteiger partial charge in [0.1, 0.15) is 24.2 Å². The zero-order chi connectivity index (χ0) is 50.5. The molecule has 6 bridgehead atoms. The number of nitrogens with one attached hydrogen (secondary N) is 3. The smallest absolute Gasteiger partial charge is 0.188 e. The highest BCUT2D eigenvalue weighted by Gasteiger charge is 2.55. The van der Waals surface area contributed by atoms with Crippen molar-refractivity contribution in [2.75, 3.05) is 38.3 Å². The van der Waals surface area contributed by atoms with Gasteiger partial charge < -0.3 is 61.8 Å². The van der Waals surface area contributed by atoms with Crippen LogP contribution in [0, 0.1) is 46.8 Å². The van der Waals surface area contributed by atoms with Crippen LogP contribution in [0.2, 0.25) is 0 Å². The Morgan fingerprint density at radius 2 is 1.83 bits per heavy atom. The molecule has 15 atom stereocenters. The number of aliphatic hydroxyl groups is 4. The number of guanidine groups is 1. The van der Waals surface area contributed by atoms with E-state index < -0.39 is 12.2 Å². The topological polar surface area (TPSA) is 228 Å². The lowest BCUT2D eigenvalue weighted by Crippen LogP contribution is -2.48. The zero-order valence-corrected chi connectivity index (χ0v) is 44.8. The average Bonchev–Trinajstić information content (AvgIpc) is 4.07. The Bertz CT molecular complexity index is 2300. The summed E-state index contributed by atoms with van der Waals surface area (Å²) in [6.45, 7) is 4.67. The fraction of sp³-hybridized carbons (Fsp3) is 0.702. The fourth-order valence-corrected chi connectivity index (χ4v) is 17.6. The van der Waals surface area contributed by atoms with Gasteiger partial charge in [0.05, 0.1) is 12.7 Å². The summed E-state index contributed by atoms with van der Waals surface area (Å²) >= 11 is 0. The molecule has 10 rings (SSSR count). The van der Waals surface area contributed by atoms with Crippen LogP contribution < -0.4 is 26.8 Å². The van der Waals surface area contributed by atoms with Crippen molar-refractivity contribution in [3.63, 3.8) is 0 Å². The molecule has 12 N–H and O–H groups in total. The third-order valence-corrected chi connectivity index (χ3v) is 21.1. The quantitative estimate of drug-likeness (QED) is 0.0236. The van der Waals surface area contributed by atoms with Crippen molar-refractivity contribution in [3.8, 4) is 11.5 Å². The number of allylic oxidation sites excluding steroid dienone is 2. The van der Waals surface area contributed by atoms with Gasteiger partial charge in [-0.3, -0.25) is 4.99 Å². The van der Waals surface area contributed by atoms with Gasteiger partial charge in [0.15, 0.2) is 17.5 Å². The first-order valence-corrected chi connectivity index (χ1v) is 30.1.